The molecule has 1 fully saturated rings. The predicted molar refractivity (Wildman–Crippen MR) is 67.6 cm³/mol. The van der Waals surface area contributed by atoms with E-state index in [1.54, 1.807) is 6.92 Å². The highest BCUT2D eigenvalue weighted by Crippen LogP contribution is 2.29. The van der Waals surface area contributed by atoms with Crippen molar-refractivity contribution in [3.8, 4) is 0 Å². The topological polar surface area (TPSA) is 53.4 Å². The number of likely N-dealkylation sites (N-methyl/N-ethyl adjacent to an activating group) is 1. The number of hydrogen-bond donors (Lipinski definition) is 1. The molecule has 94 valence electrons. The first-order valence-corrected chi connectivity index (χ1v) is 6.82. The van der Waals surface area contributed by atoms with Gasteiger partial charge in [0.05, 0.1) is 5.69 Å². The number of carboxylic acid groups (broad SMARTS) is 1. The summed E-state index contributed by atoms with van der Waals surface area (Å²) in [7, 11) is 2.12. The Hall–Kier alpha value is -0.940. The fourth-order valence-corrected chi connectivity index (χ4v) is 3.15. The molecule has 0 spiro atoms. The summed E-state index contributed by atoms with van der Waals surface area (Å²) in [6.07, 6.45) is 2.36. The van der Waals surface area contributed by atoms with Gasteiger partial charge in [-0.2, -0.15) is 0 Å². The van der Waals surface area contributed by atoms with E-state index in [2.05, 4.69) is 16.9 Å². The highest BCUT2D eigenvalue weighted by Gasteiger charge is 2.23. The summed E-state index contributed by atoms with van der Waals surface area (Å²) < 4.78 is 0. The quantitative estimate of drug-likeness (QED) is 0.898. The van der Waals surface area contributed by atoms with Gasteiger partial charge in [-0.1, -0.05) is 0 Å². The molecule has 2 heterocycles. The van der Waals surface area contributed by atoms with Gasteiger partial charge in [0.25, 0.3) is 0 Å². The number of nitrogens with zero attached hydrogens (tertiary/aromatic N) is 2. The van der Waals surface area contributed by atoms with E-state index in [1.165, 1.54) is 17.8 Å². The van der Waals surface area contributed by atoms with Crippen LogP contribution in [-0.2, 0) is 4.79 Å². The Morgan fingerprint density at radius 3 is 3.12 bits per heavy atom. The SMILES string of the molecule is CC(C(=O)O)c1nc(C2CCCN(C)C2)cs1. The van der Waals surface area contributed by atoms with E-state index >= 15 is 0 Å². The van der Waals surface area contributed by atoms with E-state index in [-0.39, 0.29) is 0 Å². The van der Waals surface area contributed by atoms with Crippen molar-refractivity contribution in [2.75, 3.05) is 20.1 Å². The number of piperidine rings is 1. The fourth-order valence-electron chi connectivity index (χ4n) is 2.20. The number of hydrogen-bond acceptors (Lipinski definition) is 4. The third-order valence-electron chi connectivity index (χ3n) is 3.32. The Balaban J connectivity index is 2.09. The molecule has 2 rings (SSSR count). The standard InChI is InChI=1S/C12H18N2O2S/c1-8(12(15)16)11-13-10(7-17-11)9-4-3-5-14(2)6-9/h7-9H,3-6H2,1-2H3,(H,15,16). The molecule has 0 saturated carbocycles. The Bertz CT molecular complexity index is 405. The molecule has 1 aromatic rings. The number of thiazole rings is 1. The van der Waals surface area contributed by atoms with Crippen LogP contribution in [0.2, 0.25) is 0 Å². The Morgan fingerprint density at radius 2 is 2.47 bits per heavy atom. The lowest BCUT2D eigenvalue weighted by molar-refractivity contribution is -0.138. The smallest absolute Gasteiger partial charge is 0.313 e. The summed E-state index contributed by atoms with van der Waals surface area (Å²) in [5.41, 5.74) is 1.07. The summed E-state index contributed by atoms with van der Waals surface area (Å²) in [6, 6.07) is 0. The maximum Gasteiger partial charge on any atom is 0.313 e. The number of aliphatic carboxylic acids is 1. The van der Waals surface area contributed by atoms with Crippen LogP contribution >= 0.6 is 11.3 Å². The van der Waals surface area contributed by atoms with Gasteiger partial charge in [-0.3, -0.25) is 4.79 Å². The molecule has 1 N–H and O–H groups in total. The van der Waals surface area contributed by atoms with Crippen LogP contribution in [-0.4, -0.2) is 41.1 Å². The fraction of sp³-hybridized carbons (Fsp3) is 0.667. The number of carboxylic acids is 1. The molecule has 1 aliphatic rings. The third kappa shape index (κ3) is 2.84. The minimum atomic E-state index is -0.799. The summed E-state index contributed by atoms with van der Waals surface area (Å²) >= 11 is 1.47. The van der Waals surface area contributed by atoms with Gasteiger partial charge >= 0.3 is 5.97 Å². The van der Waals surface area contributed by atoms with Gasteiger partial charge in [-0.05, 0) is 33.4 Å². The molecule has 2 atom stereocenters. The molecule has 0 bridgehead atoms. The third-order valence-corrected chi connectivity index (χ3v) is 4.37. The highest BCUT2D eigenvalue weighted by atomic mass is 32.1. The van der Waals surface area contributed by atoms with Crippen LogP contribution in [0.15, 0.2) is 5.38 Å². The number of likely N-dealkylation sites (tertiary alicyclic amines) is 1. The van der Waals surface area contributed by atoms with E-state index in [1.807, 2.05) is 5.38 Å². The van der Waals surface area contributed by atoms with Crippen LogP contribution in [0.4, 0.5) is 0 Å². The van der Waals surface area contributed by atoms with Crippen molar-refractivity contribution in [2.24, 2.45) is 0 Å². The minimum absolute atomic E-state index is 0.472. The van der Waals surface area contributed by atoms with Crippen molar-refractivity contribution in [3.63, 3.8) is 0 Å². The first kappa shape index (κ1) is 12.5. The average Bonchev–Trinajstić information content (AvgIpc) is 2.77. The largest absolute Gasteiger partial charge is 0.481 e. The monoisotopic (exact) mass is 254 g/mol. The van der Waals surface area contributed by atoms with Crippen molar-refractivity contribution in [1.82, 2.24) is 9.88 Å². The van der Waals surface area contributed by atoms with Crippen LogP contribution in [0.1, 0.15) is 42.3 Å². The average molecular weight is 254 g/mol. The molecule has 0 radical (unpaired) electrons. The Kier molecular flexibility index (Phi) is 3.79. The summed E-state index contributed by atoms with van der Waals surface area (Å²) in [5, 5.41) is 11.7. The van der Waals surface area contributed by atoms with E-state index in [9.17, 15) is 4.79 Å². The predicted octanol–water partition coefficient (Wildman–Crippen LogP) is 2.14. The Labute approximate surface area is 105 Å². The lowest BCUT2D eigenvalue weighted by Gasteiger charge is -2.28. The molecule has 0 amide bonds. The first-order valence-electron chi connectivity index (χ1n) is 5.94. The maximum absolute atomic E-state index is 10.9. The summed E-state index contributed by atoms with van der Waals surface area (Å²) in [4.78, 5) is 17.7. The molecule has 1 aromatic heterocycles. The summed E-state index contributed by atoms with van der Waals surface area (Å²) in [6.45, 7) is 3.88. The van der Waals surface area contributed by atoms with E-state index in [0.717, 1.165) is 30.2 Å². The van der Waals surface area contributed by atoms with E-state index in [0.29, 0.717) is 5.92 Å². The molecule has 1 aliphatic heterocycles. The van der Waals surface area contributed by atoms with Gasteiger partial charge < -0.3 is 10.0 Å². The maximum atomic E-state index is 10.9. The lowest BCUT2D eigenvalue weighted by Crippen LogP contribution is -2.30. The first-order chi connectivity index (χ1) is 8.08. The van der Waals surface area contributed by atoms with Crippen molar-refractivity contribution in [1.29, 1.82) is 0 Å². The van der Waals surface area contributed by atoms with Crippen LogP contribution < -0.4 is 0 Å². The van der Waals surface area contributed by atoms with Crippen molar-refractivity contribution >= 4 is 17.3 Å². The van der Waals surface area contributed by atoms with Gasteiger partial charge in [0.15, 0.2) is 0 Å². The number of carbonyl (C=O) groups is 1. The van der Waals surface area contributed by atoms with Gasteiger partial charge in [-0.25, -0.2) is 4.98 Å². The van der Waals surface area contributed by atoms with Crippen LogP contribution in [0.3, 0.4) is 0 Å². The van der Waals surface area contributed by atoms with Crippen LogP contribution in [0, 0.1) is 0 Å². The minimum Gasteiger partial charge on any atom is -0.481 e. The second-order valence-electron chi connectivity index (χ2n) is 4.77. The van der Waals surface area contributed by atoms with Gasteiger partial charge in [0, 0.05) is 17.8 Å². The van der Waals surface area contributed by atoms with Crippen molar-refractivity contribution in [3.05, 3.63) is 16.1 Å². The molecule has 0 aliphatic carbocycles. The van der Waals surface area contributed by atoms with Crippen molar-refractivity contribution < 1.29 is 9.90 Å². The van der Waals surface area contributed by atoms with Crippen LogP contribution in [0.25, 0.3) is 0 Å². The molecule has 0 aromatic carbocycles. The van der Waals surface area contributed by atoms with E-state index in [4.69, 9.17) is 5.11 Å². The van der Waals surface area contributed by atoms with Crippen LogP contribution in [0.5, 0.6) is 0 Å². The van der Waals surface area contributed by atoms with E-state index < -0.39 is 11.9 Å². The Morgan fingerprint density at radius 1 is 1.71 bits per heavy atom. The number of aromatic nitrogens is 1. The lowest BCUT2D eigenvalue weighted by atomic mass is 9.96. The molecule has 5 heteroatoms. The van der Waals surface area contributed by atoms with Gasteiger partial charge in [0.2, 0.25) is 0 Å². The highest BCUT2D eigenvalue weighted by molar-refractivity contribution is 7.09. The summed E-state index contributed by atoms with van der Waals surface area (Å²) in [5.74, 6) is -0.818. The second-order valence-corrected chi connectivity index (χ2v) is 5.66. The van der Waals surface area contributed by atoms with Crippen molar-refractivity contribution in [2.45, 2.75) is 31.6 Å². The molecule has 2 unspecified atom stereocenters. The molecular weight excluding hydrogens is 236 g/mol. The second kappa shape index (κ2) is 5.14. The number of rotatable bonds is 3. The molecule has 1 saturated heterocycles. The normalized spacial score (nSPS) is 23.5. The zero-order chi connectivity index (χ0) is 12.4. The van der Waals surface area contributed by atoms with Gasteiger partial charge in [0.1, 0.15) is 10.9 Å². The zero-order valence-electron chi connectivity index (χ0n) is 10.2. The van der Waals surface area contributed by atoms with Gasteiger partial charge in [-0.15, -0.1) is 11.3 Å². The zero-order valence-corrected chi connectivity index (χ0v) is 11.0. The molecular formula is C12H18N2O2S. The molecule has 17 heavy (non-hydrogen) atoms. The molecule has 4 nitrogen and oxygen atoms in total.